The van der Waals surface area contributed by atoms with Crippen molar-refractivity contribution in [3.05, 3.63) is 106 Å². The minimum Gasteiger partial charge on any atom is -0.464 e. The second-order valence-corrected chi connectivity index (χ2v) is 11.5. The highest BCUT2D eigenvalue weighted by Gasteiger charge is 2.41. The Morgan fingerprint density at radius 2 is 1.79 bits per heavy atom. The van der Waals surface area contributed by atoms with Gasteiger partial charge in [0.25, 0.3) is 0 Å². The Kier molecular flexibility index (Phi) is 8.36. The van der Waals surface area contributed by atoms with Gasteiger partial charge in [-0.25, -0.2) is 0 Å². The van der Waals surface area contributed by atoms with Crippen molar-refractivity contribution >= 4 is 50.8 Å². The molecule has 1 fully saturated rings. The van der Waals surface area contributed by atoms with Crippen LogP contribution >= 0.6 is 23.2 Å². The molecule has 5 aromatic rings. The van der Waals surface area contributed by atoms with Gasteiger partial charge < -0.3 is 24.5 Å². The normalized spacial score (nSPS) is 16.0. The average molecular weight is 605 g/mol. The smallest absolute Gasteiger partial charge is 0.311 e. The second-order valence-electron chi connectivity index (χ2n) is 10.7. The van der Waals surface area contributed by atoms with Gasteiger partial charge in [-0.3, -0.25) is 9.78 Å². The summed E-state index contributed by atoms with van der Waals surface area (Å²) in [4.78, 5) is 23.1. The van der Waals surface area contributed by atoms with Gasteiger partial charge in [0.05, 0.1) is 22.0 Å². The number of halogens is 2. The lowest BCUT2D eigenvalue weighted by molar-refractivity contribution is -0.166. The first-order chi connectivity index (χ1) is 20.4. The molecule has 0 aliphatic carbocycles. The number of aromatic amines is 1. The van der Waals surface area contributed by atoms with Gasteiger partial charge in [-0.05, 0) is 17.0 Å². The number of benzene rings is 3. The predicted molar refractivity (Wildman–Crippen MR) is 165 cm³/mol. The highest BCUT2D eigenvalue weighted by Crippen LogP contribution is 2.41. The summed E-state index contributed by atoms with van der Waals surface area (Å²) in [6, 6.07) is 21.2. The van der Waals surface area contributed by atoms with Crippen molar-refractivity contribution in [2.45, 2.75) is 37.6 Å². The molecule has 9 heteroatoms. The number of hydrogen-bond acceptors (Lipinski definition) is 6. The number of fused-ring (bicyclic) bond motifs is 2. The number of pyridine rings is 1. The lowest BCUT2D eigenvalue weighted by Crippen LogP contribution is -2.46. The van der Waals surface area contributed by atoms with Crippen molar-refractivity contribution < 1.29 is 19.4 Å². The molecule has 0 amide bonds. The van der Waals surface area contributed by atoms with Crippen LogP contribution in [0.3, 0.4) is 0 Å². The molecule has 6 rings (SSSR count). The number of H-pyrrole nitrogens is 1. The summed E-state index contributed by atoms with van der Waals surface area (Å²) in [5.41, 5.74) is 1.72. The van der Waals surface area contributed by atoms with Crippen LogP contribution in [0.2, 0.25) is 10.0 Å². The van der Waals surface area contributed by atoms with E-state index >= 15 is 0 Å². The zero-order valence-electron chi connectivity index (χ0n) is 22.9. The summed E-state index contributed by atoms with van der Waals surface area (Å²) in [5, 5.41) is 14.3. The maximum atomic E-state index is 13.3. The molecule has 1 atom stereocenters. The third-order valence-electron chi connectivity index (χ3n) is 7.98. The maximum absolute atomic E-state index is 13.3. The van der Waals surface area contributed by atoms with E-state index < -0.39 is 11.9 Å². The Labute approximate surface area is 254 Å². The van der Waals surface area contributed by atoms with Crippen LogP contribution in [-0.2, 0) is 21.6 Å². The Balaban J connectivity index is 1.15. The van der Waals surface area contributed by atoms with E-state index in [0.29, 0.717) is 60.2 Å². The van der Waals surface area contributed by atoms with Gasteiger partial charge in [0.1, 0.15) is 11.4 Å². The fourth-order valence-corrected chi connectivity index (χ4v) is 6.19. The molecule has 0 saturated carbocycles. The van der Waals surface area contributed by atoms with Crippen LogP contribution < -0.4 is 4.74 Å². The molecule has 2 N–H and O–H groups in total. The van der Waals surface area contributed by atoms with Crippen molar-refractivity contribution in [3.8, 4) is 5.75 Å². The highest BCUT2D eigenvalue weighted by molar-refractivity contribution is 6.45. The fourth-order valence-electron chi connectivity index (χ4n) is 5.79. The first-order valence-electron chi connectivity index (χ1n) is 14.0. The highest BCUT2D eigenvalue weighted by atomic mass is 35.5. The molecular formula is C33H31Cl2N3O4. The lowest BCUT2D eigenvalue weighted by Gasteiger charge is -2.42. The zero-order chi connectivity index (χ0) is 29.1. The number of carbonyl (C=O) groups is 1. The SMILES string of the molecule is O=C(Cc1ccccc1)OC1(c2cncc3ccccc23)CCN(CCC(O)Oc2cc(Cl)c(Cl)c3[nH]ccc23)CC1. The molecule has 3 aromatic carbocycles. The van der Waals surface area contributed by atoms with Gasteiger partial charge in [-0.1, -0.05) is 77.8 Å². The number of esters is 1. The summed E-state index contributed by atoms with van der Waals surface area (Å²) >= 11 is 12.6. The molecule has 1 aliphatic heterocycles. The standard InChI is InChI=1S/C33H31Cl2N3O4/c34-27-19-28(25-10-14-37-32(25)31(27)35)41-29(39)11-15-38-16-12-33(13-17-38,42-30(40)18-22-6-2-1-3-7-22)26-21-36-20-23-8-4-5-9-24(23)26/h1-10,14,19-21,29,37,39H,11-13,15-18H2. The summed E-state index contributed by atoms with van der Waals surface area (Å²) in [7, 11) is 0. The van der Waals surface area contributed by atoms with Crippen LogP contribution in [0.1, 0.15) is 30.4 Å². The van der Waals surface area contributed by atoms with Crippen LogP contribution in [0.15, 0.2) is 85.3 Å². The Morgan fingerprint density at radius 3 is 2.60 bits per heavy atom. The van der Waals surface area contributed by atoms with Gasteiger partial charge in [-0.2, -0.15) is 0 Å². The van der Waals surface area contributed by atoms with Crippen molar-refractivity contribution in [2.24, 2.45) is 0 Å². The summed E-state index contributed by atoms with van der Waals surface area (Å²) in [6.45, 7) is 1.98. The number of nitrogens with zero attached hydrogens (tertiary/aromatic N) is 2. The second kappa shape index (κ2) is 12.3. The largest absolute Gasteiger partial charge is 0.464 e. The third-order valence-corrected chi connectivity index (χ3v) is 8.77. The molecular weight excluding hydrogens is 573 g/mol. The molecule has 2 aromatic heterocycles. The fraction of sp³-hybridized carbons (Fsp3) is 0.273. The third kappa shape index (κ3) is 5.96. The molecule has 216 valence electrons. The van der Waals surface area contributed by atoms with Crippen molar-refractivity contribution in [1.29, 1.82) is 0 Å². The minimum atomic E-state index is -1.03. The summed E-state index contributed by atoms with van der Waals surface area (Å²) in [6.07, 6.45) is 6.21. The molecule has 42 heavy (non-hydrogen) atoms. The van der Waals surface area contributed by atoms with Gasteiger partial charge in [0, 0.05) is 79.9 Å². The quantitative estimate of drug-likeness (QED) is 0.141. The molecule has 7 nitrogen and oxygen atoms in total. The molecule has 0 radical (unpaired) electrons. The van der Waals surface area contributed by atoms with Crippen molar-refractivity contribution in [1.82, 2.24) is 14.9 Å². The van der Waals surface area contributed by atoms with Gasteiger partial charge >= 0.3 is 5.97 Å². The van der Waals surface area contributed by atoms with Crippen LogP contribution in [0.5, 0.6) is 5.75 Å². The number of aliphatic hydroxyl groups is 1. The van der Waals surface area contributed by atoms with Crippen molar-refractivity contribution in [2.75, 3.05) is 19.6 Å². The van der Waals surface area contributed by atoms with E-state index in [0.717, 1.165) is 27.3 Å². The van der Waals surface area contributed by atoms with E-state index in [-0.39, 0.29) is 12.4 Å². The van der Waals surface area contributed by atoms with E-state index in [1.807, 2.05) is 67.0 Å². The van der Waals surface area contributed by atoms with Gasteiger partial charge in [0.15, 0.2) is 6.29 Å². The number of carbonyl (C=O) groups excluding carboxylic acids is 1. The van der Waals surface area contributed by atoms with Gasteiger partial charge in [-0.15, -0.1) is 0 Å². The number of piperidine rings is 1. The summed E-state index contributed by atoms with van der Waals surface area (Å²) < 4.78 is 12.2. The number of nitrogens with one attached hydrogen (secondary N) is 1. The topological polar surface area (TPSA) is 87.7 Å². The molecule has 0 bridgehead atoms. The Hall–Kier alpha value is -3.62. The van der Waals surface area contributed by atoms with E-state index in [9.17, 15) is 9.90 Å². The van der Waals surface area contributed by atoms with Crippen LogP contribution in [-0.4, -0.2) is 51.9 Å². The number of rotatable bonds is 9. The monoisotopic (exact) mass is 603 g/mol. The number of aliphatic hydroxyl groups excluding tert-OH is 1. The first kappa shape index (κ1) is 28.5. The van der Waals surface area contributed by atoms with Crippen molar-refractivity contribution in [3.63, 3.8) is 0 Å². The van der Waals surface area contributed by atoms with E-state index in [2.05, 4.69) is 20.9 Å². The minimum absolute atomic E-state index is 0.206. The van der Waals surface area contributed by atoms with Crippen LogP contribution in [0.4, 0.5) is 0 Å². The Morgan fingerprint density at radius 1 is 1.02 bits per heavy atom. The molecule has 1 aliphatic rings. The molecule has 1 saturated heterocycles. The predicted octanol–water partition coefficient (Wildman–Crippen LogP) is 6.89. The Bertz CT molecular complexity index is 1700. The lowest BCUT2D eigenvalue weighted by atomic mass is 9.82. The molecule has 3 heterocycles. The number of aromatic nitrogens is 2. The zero-order valence-corrected chi connectivity index (χ0v) is 24.4. The average Bonchev–Trinajstić information content (AvgIpc) is 3.50. The summed E-state index contributed by atoms with van der Waals surface area (Å²) in [5.74, 6) is 0.212. The molecule has 0 spiro atoms. The van der Waals surface area contributed by atoms with E-state index in [4.69, 9.17) is 32.7 Å². The van der Waals surface area contributed by atoms with Gasteiger partial charge in [0.2, 0.25) is 0 Å². The number of ether oxygens (including phenoxy) is 2. The molecule has 1 unspecified atom stereocenters. The van der Waals surface area contributed by atoms with E-state index in [1.54, 1.807) is 12.3 Å². The van der Waals surface area contributed by atoms with E-state index in [1.165, 1.54) is 0 Å². The van der Waals surface area contributed by atoms with Crippen LogP contribution in [0.25, 0.3) is 21.7 Å². The number of hydrogen-bond donors (Lipinski definition) is 2. The number of likely N-dealkylation sites (tertiary alicyclic amines) is 1. The van der Waals surface area contributed by atoms with Crippen LogP contribution in [0, 0.1) is 0 Å². The maximum Gasteiger partial charge on any atom is 0.311 e. The first-order valence-corrected chi connectivity index (χ1v) is 14.8.